The number of benzene rings is 1. The fraction of sp³-hybridized carbons (Fsp3) is 0.400. The number of nitrogens with zero attached hydrogens (tertiary/aromatic N) is 3. The molecule has 0 unspecified atom stereocenters. The van der Waals surface area contributed by atoms with Gasteiger partial charge in [-0.3, -0.25) is 14.6 Å². The minimum atomic E-state index is 0.175. The molecule has 5 nitrogen and oxygen atoms in total. The third kappa shape index (κ3) is 3.53. The summed E-state index contributed by atoms with van der Waals surface area (Å²) < 4.78 is 0. The Morgan fingerprint density at radius 3 is 2.43 bits per heavy atom. The van der Waals surface area contributed by atoms with Crippen molar-refractivity contribution >= 4 is 29.0 Å². The van der Waals surface area contributed by atoms with Crippen molar-refractivity contribution in [3.8, 4) is 0 Å². The van der Waals surface area contributed by atoms with Crippen LogP contribution < -0.4 is 4.90 Å². The van der Waals surface area contributed by atoms with Crippen LogP contribution in [0.15, 0.2) is 36.5 Å². The van der Waals surface area contributed by atoms with Crippen molar-refractivity contribution in [3.05, 3.63) is 58.9 Å². The van der Waals surface area contributed by atoms with Crippen LogP contribution in [0.1, 0.15) is 53.4 Å². The van der Waals surface area contributed by atoms with Crippen molar-refractivity contribution in [1.82, 2.24) is 9.88 Å². The number of carbonyl (C=O) groups excluding carboxylic acids is 2. The SMILES string of the molecule is CCC(=O)c1ccc(C2=Cc3c(N4CCN(C(=O)C5CC5)CC4)ccnc3C2)cc1. The average molecular weight is 402 g/mol. The predicted octanol–water partition coefficient (Wildman–Crippen LogP) is 3.83. The summed E-state index contributed by atoms with van der Waals surface area (Å²) in [5.41, 5.74) is 6.67. The Balaban J connectivity index is 1.33. The van der Waals surface area contributed by atoms with Crippen molar-refractivity contribution in [2.24, 2.45) is 5.92 Å². The van der Waals surface area contributed by atoms with E-state index < -0.39 is 0 Å². The molecule has 1 aromatic heterocycles. The van der Waals surface area contributed by atoms with E-state index >= 15 is 0 Å². The number of piperazine rings is 1. The Kier molecular flexibility index (Phi) is 4.89. The van der Waals surface area contributed by atoms with E-state index in [1.54, 1.807) is 0 Å². The van der Waals surface area contributed by atoms with E-state index in [9.17, 15) is 9.59 Å². The largest absolute Gasteiger partial charge is 0.367 e. The second kappa shape index (κ2) is 7.71. The molecular formula is C25H27N3O2. The van der Waals surface area contributed by atoms with E-state index in [0.29, 0.717) is 18.2 Å². The molecule has 1 aromatic carbocycles. The van der Waals surface area contributed by atoms with Crippen LogP contribution >= 0.6 is 0 Å². The Labute approximate surface area is 177 Å². The average Bonchev–Trinajstić information content (AvgIpc) is 3.56. The smallest absolute Gasteiger partial charge is 0.225 e. The van der Waals surface area contributed by atoms with E-state index in [2.05, 4.69) is 22.0 Å². The summed E-state index contributed by atoms with van der Waals surface area (Å²) in [5.74, 6) is 0.821. The molecule has 2 fully saturated rings. The number of aromatic nitrogens is 1. The van der Waals surface area contributed by atoms with Gasteiger partial charge in [0.1, 0.15) is 0 Å². The van der Waals surface area contributed by atoms with E-state index in [1.165, 1.54) is 16.8 Å². The van der Waals surface area contributed by atoms with Crippen molar-refractivity contribution in [2.45, 2.75) is 32.6 Å². The molecule has 1 amide bonds. The van der Waals surface area contributed by atoms with Crippen LogP contribution in [-0.4, -0.2) is 47.8 Å². The van der Waals surface area contributed by atoms with Crippen LogP contribution in [0.5, 0.6) is 0 Å². The van der Waals surface area contributed by atoms with Gasteiger partial charge in [-0.25, -0.2) is 0 Å². The standard InChI is InChI=1S/C25H27N3O2/c1-2-24(29)18-5-3-17(4-6-18)20-15-21-22(16-20)26-10-9-23(21)27-11-13-28(14-12-27)25(30)19-7-8-19/h3-6,9-10,15,19H,2,7-8,11-14,16H2,1H3. The molecule has 154 valence electrons. The maximum Gasteiger partial charge on any atom is 0.225 e. The number of fused-ring (bicyclic) bond motifs is 1. The lowest BCUT2D eigenvalue weighted by atomic mass is 10.0. The number of amides is 1. The second-order valence-corrected chi connectivity index (χ2v) is 8.48. The number of ketones is 1. The summed E-state index contributed by atoms with van der Waals surface area (Å²) >= 11 is 0. The van der Waals surface area contributed by atoms with Crippen molar-refractivity contribution in [1.29, 1.82) is 0 Å². The molecule has 1 saturated heterocycles. The lowest BCUT2D eigenvalue weighted by molar-refractivity contribution is -0.132. The Hall–Kier alpha value is -2.95. The molecule has 1 aliphatic heterocycles. The molecule has 0 atom stereocenters. The first kappa shape index (κ1) is 19.0. The van der Waals surface area contributed by atoms with Gasteiger partial charge in [-0.2, -0.15) is 0 Å². The van der Waals surface area contributed by atoms with Gasteiger partial charge >= 0.3 is 0 Å². The minimum Gasteiger partial charge on any atom is -0.367 e. The fourth-order valence-electron chi connectivity index (χ4n) is 4.50. The molecular weight excluding hydrogens is 374 g/mol. The van der Waals surface area contributed by atoms with E-state index in [1.807, 2.05) is 42.3 Å². The second-order valence-electron chi connectivity index (χ2n) is 8.48. The summed E-state index contributed by atoms with van der Waals surface area (Å²) in [6.45, 7) is 5.23. The third-order valence-corrected chi connectivity index (χ3v) is 6.48. The maximum absolute atomic E-state index is 12.3. The molecule has 2 aliphatic carbocycles. The van der Waals surface area contributed by atoms with Crippen molar-refractivity contribution in [2.75, 3.05) is 31.1 Å². The van der Waals surface area contributed by atoms with Gasteiger partial charge in [-0.15, -0.1) is 0 Å². The number of hydrogen-bond acceptors (Lipinski definition) is 4. The van der Waals surface area contributed by atoms with Crippen LogP contribution in [-0.2, 0) is 11.2 Å². The Morgan fingerprint density at radius 2 is 1.77 bits per heavy atom. The molecule has 1 saturated carbocycles. The zero-order valence-corrected chi connectivity index (χ0v) is 17.4. The molecule has 0 spiro atoms. The van der Waals surface area contributed by atoms with Gasteiger partial charge in [0.05, 0.1) is 5.69 Å². The summed E-state index contributed by atoms with van der Waals surface area (Å²) in [6, 6.07) is 10.0. The van der Waals surface area contributed by atoms with Crippen LogP contribution in [0.2, 0.25) is 0 Å². The van der Waals surface area contributed by atoms with Gasteiger partial charge in [0.15, 0.2) is 5.78 Å². The van der Waals surface area contributed by atoms with Crippen LogP contribution in [0.25, 0.3) is 11.6 Å². The molecule has 5 rings (SSSR count). The highest BCUT2D eigenvalue weighted by Gasteiger charge is 2.35. The number of carbonyl (C=O) groups is 2. The summed E-state index contributed by atoms with van der Waals surface area (Å²) in [7, 11) is 0. The van der Waals surface area contributed by atoms with Gasteiger partial charge < -0.3 is 9.80 Å². The molecule has 0 N–H and O–H groups in total. The number of anilines is 1. The van der Waals surface area contributed by atoms with Crippen molar-refractivity contribution < 1.29 is 9.59 Å². The quantitative estimate of drug-likeness (QED) is 0.715. The summed E-state index contributed by atoms with van der Waals surface area (Å²) in [4.78, 5) is 33.3. The fourth-order valence-corrected chi connectivity index (χ4v) is 4.50. The normalized spacial score (nSPS) is 18.2. The molecule has 3 aliphatic rings. The number of pyridine rings is 1. The number of hydrogen-bond donors (Lipinski definition) is 0. The van der Waals surface area contributed by atoms with Crippen LogP contribution in [0.4, 0.5) is 5.69 Å². The van der Waals surface area contributed by atoms with Gasteiger partial charge in [-0.1, -0.05) is 31.2 Å². The summed E-state index contributed by atoms with van der Waals surface area (Å²) in [6.07, 6.45) is 7.62. The van der Waals surface area contributed by atoms with Gasteiger partial charge in [0.2, 0.25) is 5.91 Å². The topological polar surface area (TPSA) is 53.5 Å². The predicted molar refractivity (Wildman–Crippen MR) is 118 cm³/mol. The number of Topliss-reactive ketones (excluding diaryl/α,β-unsaturated/α-hetero) is 1. The lowest BCUT2D eigenvalue weighted by Gasteiger charge is -2.37. The number of allylic oxidation sites excluding steroid dienone is 1. The Morgan fingerprint density at radius 1 is 1.03 bits per heavy atom. The van der Waals surface area contributed by atoms with Gasteiger partial charge in [-0.05, 0) is 36.1 Å². The molecule has 30 heavy (non-hydrogen) atoms. The summed E-state index contributed by atoms with van der Waals surface area (Å²) in [5, 5.41) is 0. The van der Waals surface area contributed by atoms with E-state index in [-0.39, 0.29) is 5.78 Å². The minimum absolute atomic E-state index is 0.175. The number of rotatable bonds is 5. The first-order valence-electron chi connectivity index (χ1n) is 11.0. The van der Waals surface area contributed by atoms with Gasteiger partial charge in [0, 0.05) is 67.9 Å². The van der Waals surface area contributed by atoms with Crippen molar-refractivity contribution in [3.63, 3.8) is 0 Å². The highest BCUT2D eigenvalue weighted by Crippen LogP contribution is 2.37. The van der Waals surface area contributed by atoms with E-state index in [4.69, 9.17) is 0 Å². The highest BCUT2D eigenvalue weighted by molar-refractivity contribution is 5.97. The Bertz CT molecular complexity index is 1010. The van der Waals surface area contributed by atoms with Crippen LogP contribution in [0, 0.1) is 5.92 Å². The zero-order valence-electron chi connectivity index (χ0n) is 17.4. The maximum atomic E-state index is 12.3. The van der Waals surface area contributed by atoms with E-state index in [0.717, 1.165) is 62.3 Å². The molecule has 0 radical (unpaired) electrons. The van der Waals surface area contributed by atoms with Crippen LogP contribution in [0.3, 0.4) is 0 Å². The highest BCUT2D eigenvalue weighted by atomic mass is 16.2. The first-order valence-corrected chi connectivity index (χ1v) is 11.0. The molecule has 0 bridgehead atoms. The molecule has 2 heterocycles. The zero-order chi connectivity index (χ0) is 20.7. The third-order valence-electron chi connectivity index (χ3n) is 6.48. The molecule has 2 aromatic rings. The monoisotopic (exact) mass is 401 g/mol. The van der Waals surface area contributed by atoms with Gasteiger partial charge in [0.25, 0.3) is 0 Å². The first-order chi connectivity index (χ1) is 14.6. The lowest BCUT2D eigenvalue weighted by Crippen LogP contribution is -2.49. The molecule has 5 heteroatoms.